The highest BCUT2D eigenvalue weighted by Crippen LogP contribution is 2.33. The number of para-hydroxylation sites is 1. The van der Waals surface area contributed by atoms with E-state index in [0.29, 0.717) is 35.7 Å². The SMILES string of the molecule is COCCOc1c(Cl)cccc1NC(=O)NC1CC1. The lowest BCUT2D eigenvalue weighted by Crippen LogP contribution is -2.30. The first-order valence-corrected chi connectivity index (χ1v) is 6.56. The lowest BCUT2D eigenvalue weighted by atomic mass is 10.3. The molecule has 1 saturated carbocycles. The summed E-state index contributed by atoms with van der Waals surface area (Å²) in [6.45, 7) is 0.831. The van der Waals surface area contributed by atoms with Gasteiger partial charge in [0.15, 0.2) is 5.75 Å². The molecule has 1 aliphatic rings. The molecule has 0 unspecified atom stereocenters. The van der Waals surface area contributed by atoms with Crippen LogP contribution in [0.25, 0.3) is 0 Å². The second kappa shape index (κ2) is 6.63. The Morgan fingerprint density at radius 3 is 2.89 bits per heavy atom. The van der Waals surface area contributed by atoms with E-state index in [1.54, 1.807) is 25.3 Å². The fourth-order valence-electron chi connectivity index (χ4n) is 1.55. The summed E-state index contributed by atoms with van der Waals surface area (Å²) in [5, 5.41) is 6.05. The minimum absolute atomic E-state index is 0.235. The molecule has 1 aromatic rings. The number of amides is 2. The molecule has 0 radical (unpaired) electrons. The standard InChI is InChI=1S/C13H17ClN2O3/c1-18-7-8-19-12-10(14)3-2-4-11(12)16-13(17)15-9-5-6-9/h2-4,9H,5-8H2,1H3,(H2,15,16,17). The second-order valence-corrected chi connectivity index (χ2v) is 4.74. The Morgan fingerprint density at radius 1 is 1.42 bits per heavy atom. The van der Waals surface area contributed by atoms with Crippen LogP contribution in [0.4, 0.5) is 10.5 Å². The summed E-state index contributed by atoms with van der Waals surface area (Å²) in [6, 6.07) is 5.30. The van der Waals surface area contributed by atoms with E-state index in [0.717, 1.165) is 12.8 Å². The molecule has 0 atom stereocenters. The first-order valence-electron chi connectivity index (χ1n) is 6.18. The van der Waals surface area contributed by atoms with Gasteiger partial charge in [-0.1, -0.05) is 17.7 Å². The minimum atomic E-state index is -0.235. The van der Waals surface area contributed by atoms with Gasteiger partial charge in [-0.3, -0.25) is 0 Å². The van der Waals surface area contributed by atoms with Gasteiger partial charge in [0.25, 0.3) is 0 Å². The van der Waals surface area contributed by atoms with E-state index in [1.165, 1.54) is 0 Å². The molecule has 1 fully saturated rings. The molecule has 104 valence electrons. The number of urea groups is 1. The Bertz CT molecular complexity index is 450. The van der Waals surface area contributed by atoms with Crippen LogP contribution in [0.15, 0.2) is 18.2 Å². The van der Waals surface area contributed by atoms with Crippen LogP contribution in [-0.4, -0.2) is 32.4 Å². The van der Waals surface area contributed by atoms with Crippen LogP contribution in [0.3, 0.4) is 0 Å². The van der Waals surface area contributed by atoms with Gasteiger partial charge < -0.3 is 20.1 Å². The van der Waals surface area contributed by atoms with Gasteiger partial charge in [0.1, 0.15) is 6.61 Å². The molecule has 1 aliphatic carbocycles. The lowest BCUT2D eigenvalue weighted by Gasteiger charge is -2.14. The van der Waals surface area contributed by atoms with E-state index in [4.69, 9.17) is 21.1 Å². The zero-order valence-electron chi connectivity index (χ0n) is 10.7. The number of benzene rings is 1. The summed E-state index contributed by atoms with van der Waals surface area (Å²) in [4.78, 5) is 11.7. The van der Waals surface area contributed by atoms with Crippen LogP contribution >= 0.6 is 11.6 Å². The first-order chi connectivity index (χ1) is 9.20. The van der Waals surface area contributed by atoms with Crippen molar-refractivity contribution in [1.29, 1.82) is 0 Å². The molecule has 2 amide bonds. The largest absolute Gasteiger partial charge is 0.487 e. The third-order valence-electron chi connectivity index (χ3n) is 2.66. The Balaban J connectivity index is 2.00. The van der Waals surface area contributed by atoms with Gasteiger partial charge in [0.2, 0.25) is 0 Å². The average Bonchev–Trinajstić information content (AvgIpc) is 3.16. The smallest absolute Gasteiger partial charge is 0.319 e. The molecule has 0 saturated heterocycles. The molecule has 1 aromatic carbocycles. The van der Waals surface area contributed by atoms with Gasteiger partial charge >= 0.3 is 6.03 Å². The summed E-state index contributed by atoms with van der Waals surface area (Å²) in [5.74, 6) is 0.465. The van der Waals surface area contributed by atoms with E-state index in [2.05, 4.69) is 10.6 Å². The van der Waals surface area contributed by atoms with Crippen molar-refractivity contribution in [2.24, 2.45) is 0 Å². The number of anilines is 1. The molecule has 0 bridgehead atoms. The van der Waals surface area contributed by atoms with Crippen molar-refractivity contribution in [3.05, 3.63) is 23.2 Å². The molecule has 19 heavy (non-hydrogen) atoms. The van der Waals surface area contributed by atoms with Crippen molar-refractivity contribution < 1.29 is 14.3 Å². The van der Waals surface area contributed by atoms with Gasteiger partial charge in [-0.25, -0.2) is 4.79 Å². The first kappa shape index (κ1) is 14.0. The Kier molecular flexibility index (Phi) is 4.87. The van der Waals surface area contributed by atoms with E-state index in [-0.39, 0.29) is 6.03 Å². The quantitative estimate of drug-likeness (QED) is 0.790. The van der Waals surface area contributed by atoms with Gasteiger partial charge in [-0.05, 0) is 25.0 Å². The van der Waals surface area contributed by atoms with E-state index < -0.39 is 0 Å². The fraction of sp³-hybridized carbons (Fsp3) is 0.462. The predicted octanol–water partition coefficient (Wildman–Crippen LogP) is 2.65. The third kappa shape index (κ3) is 4.29. The molecule has 0 spiro atoms. The number of ether oxygens (including phenoxy) is 2. The van der Waals surface area contributed by atoms with Crippen LogP contribution in [-0.2, 0) is 4.74 Å². The highest BCUT2D eigenvalue weighted by atomic mass is 35.5. The number of carbonyl (C=O) groups is 1. The Hall–Kier alpha value is -1.46. The minimum Gasteiger partial charge on any atom is -0.487 e. The number of carbonyl (C=O) groups excluding carboxylic acids is 1. The zero-order chi connectivity index (χ0) is 13.7. The number of methoxy groups -OCH3 is 1. The van der Waals surface area contributed by atoms with Crippen LogP contribution in [0.1, 0.15) is 12.8 Å². The highest BCUT2D eigenvalue weighted by Gasteiger charge is 2.23. The zero-order valence-corrected chi connectivity index (χ0v) is 11.5. The number of hydrogen-bond donors (Lipinski definition) is 2. The van der Waals surface area contributed by atoms with Gasteiger partial charge in [-0.15, -0.1) is 0 Å². The van der Waals surface area contributed by atoms with Crippen molar-refractivity contribution in [1.82, 2.24) is 5.32 Å². The number of hydrogen-bond acceptors (Lipinski definition) is 3. The van der Waals surface area contributed by atoms with Gasteiger partial charge in [0, 0.05) is 13.2 Å². The summed E-state index contributed by atoms with van der Waals surface area (Å²) < 4.78 is 10.4. The van der Waals surface area contributed by atoms with E-state index in [9.17, 15) is 4.79 Å². The van der Waals surface area contributed by atoms with Crippen LogP contribution < -0.4 is 15.4 Å². The Morgan fingerprint density at radius 2 is 2.21 bits per heavy atom. The van der Waals surface area contributed by atoms with Crippen molar-refractivity contribution in [2.75, 3.05) is 25.6 Å². The maximum absolute atomic E-state index is 11.7. The van der Waals surface area contributed by atoms with Gasteiger partial charge in [0.05, 0.1) is 17.3 Å². The second-order valence-electron chi connectivity index (χ2n) is 4.33. The molecular weight excluding hydrogens is 268 g/mol. The lowest BCUT2D eigenvalue weighted by molar-refractivity contribution is 0.146. The number of rotatable bonds is 6. The number of nitrogens with one attached hydrogen (secondary N) is 2. The van der Waals surface area contributed by atoms with Crippen molar-refractivity contribution in [3.63, 3.8) is 0 Å². The highest BCUT2D eigenvalue weighted by molar-refractivity contribution is 6.32. The van der Waals surface area contributed by atoms with Crippen LogP contribution in [0, 0.1) is 0 Å². The predicted molar refractivity (Wildman–Crippen MR) is 74.0 cm³/mol. The molecular formula is C13H17ClN2O3. The van der Waals surface area contributed by atoms with E-state index >= 15 is 0 Å². The molecule has 6 heteroatoms. The molecule has 0 aromatic heterocycles. The summed E-state index contributed by atoms with van der Waals surface area (Å²) in [7, 11) is 1.60. The van der Waals surface area contributed by atoms with E-state index in [1.807, 2.05) is 0 Å². The average molecular weight is 285 g/mol. The fourth-order valence-corrected chi connectivity index (χ4v) is 1.78. The van der Waals surface area contributed by atoms with Crippen molar-refractivity contribution in [2.45, 2.75) is 18.9 Å². The summed E-state index contributed by atoms with van der Waals surface area (Å²) in [5.41, 5.74) is 0.557. The van der Waals surface area contributed by atoms with Gasteiger partial charge in [-0.2, -0.15) is 0 Å². The molecule has 0 heterocycles. The maximum Gasteiger partial charge on any atom is 0.319 e. The molecule has 2 N–H and O–H groups in total. The summed E-state index contributed by atoms with van der Waals surface area (Å²) in [6.07, 6.45) is 2.08. The van der Waals surface area contributed by atoms with Crippen molar-refractivity contribution in [3.8, 4) is 5.75 Å². The normalized spacial score (nSPS) is 14.0. The topological polar surface area (TPSA) is 59.6 Å². The van der Waals surface area contributed by atoms with Crippen LogP contribution in [0.5, 0.6) is 5.75 Å². The maximum atomic E-state index is 11.7. The molecule has 5 nitrogen and oxygen atoms in total. The summed E-state index contributed by atoms with van der Waals surface area (Å²) >= 11 is 6.07. The van der Waals surface area contributed by atoms with Crippen molar-refractivity contribution >= 4 is 23.3 Å². The molecule has 2 rings (SSSR count). The van der Waals surface area contributed by atoms with Crippen LogP contribution in [0.2, 0.25) is 5.02 Å². The molecule has 0 aliphatic heterocycles. The third-order valence-corrected chi connectivity index (χ3v) is 2.96. The monoisotopic (exact) mass is 284 g/mol. The number of halogens is 1. The Labute approximate surface area is 117 Å².